The molecule has 6 heteroatoms. The van der Waals surface area contributed by atoms with E-state index in [1.165, 1.54) is 6.92 Å². The first-order chi connectivity index (χ1) is 14.5. The van der Waals surface area contributed by atoms with Gasteiger partial charge in [0.2, 0.25) is 0 Å². The lowest BCUT2D eigenvalue weighted by molar-refractivity contribution is 0.0601. The Balaban J connectivity index is 1.62. The number of furan rings is 1. The summed E-state index contributed by atoms with van der Waals surface area (Å²) < 4.78 is 16.6. The van der Waals surface area contributed by atoms with Crippen molar-refractivity contribution in [1.82, 2.24) is 4.90 Å². The number of hydrogen-bond acceptors (Lipinski definition) is 6. The average Bonchev–Trinajstić information content (AvgIpc) is 3.26. The van der Waals surface area contributed by atoms with Crippen LogP contribution in [0, 0.1) is 0 Å². The van der Waals surface area contributed by atoms with Crippen LogP contribution < -0.4 is 9.47 Å². The maximum atomic E-state index is 11.4. The highest BCUT2D eigenvalue weighted by atomic mass is 16.5. The van der Waals surface area contributed by atoms with E-state index in [4.69, 9.17) is 13.9 Å². The molecule has 0 aliphatic heterocycles. The Hall–Kier alpha value is -3.09. The molecule has 0 aliphatic carbocycles. The molecule has 0 amide bonds. The lowest BCUT2D eigenvalue weighted by Gasteiger charge is -2.25. The van der Waals surface area contributed by atoms with Crippen molar-refractivity contribution in [3.8, 4) is 11.5 Å². The molecule has 0 fully saturated rings. The summed E-state index contributed by atoms with van der Waals surface area (Å²) in [6.07, 6.45) is 0.933. The third-order valence-corrected chi connectivity index (χ3v) is 4.72. The molecule has 2 aromatic carbocycles. The van der Waals surface area contributed by atoms with Gasteiger partial charge in [-0.15, -0.1) is 0 Å². The van der Waals surface area contributed by atoms with E-state index in [1.807, 2.05) is 36.4 Å². The van der Waals surface area contributed by atoms with Gasteiger partial charge in [-0.25, -0.2) is 0 Å². The van der Waals surface area contributed by atoms with Gasteiger partial charge < -0.3 is 19.0 Å². The van der Waals surface area contributed by atoms with Crippen LogP contribution in [0.2, 0.25) is 0 Å². The molecule has 0 aliphatic rings. The minimum absolute atomic E-state index is 0.00601. The highest BCUT2D eigenvalue weighted by molar-refractivity contribution is 5.94. The molecule has 1 atom stereocenters. The van der Waals surface area contributed by atoms with Crippen molar-refractivity contribution in [1.29, 1.82) is 0 Å². The normalized spacial score (nSPS) is 12.0. The fourth-order valence-corrected chi connectivity index (χ4v) is 3.21. The number of Topliss-reactive ketones (excluding diaryl/α,β-unsaturated/α-hetero) is 1. The summed E-state index contributed by atoms with van der Waals surface area (Å²) >= 11 is 0. The van der Waals surface area contributed by atoms with Crippen LogP contribution in [0.4, 0.5) is 0 Å². The van der Waals surface area contributed by atoms with E-state index in [-0.39, 0.29) is 12.4 Å². The second kappa shape index (κ2) is 10.6. The standard InChI is InChI=1S/C24H27NO5/c1-18(26)19-9-11-22(12-10-19)30-17-21(27)15-25(16-23-7-5-13-29-23)14-20-6-3-4-8-24(20)28-2/h3-13,21,27H,14-17H2,1-2H3. The van der Waals surface area contributed by atoms with Crippen molar-refractivity contribution in [3.05, 3.63) is 83.8 Å². The molecule has 1 N–H and O–H groups in total. The Morgan fingerprint density at radius 2 is 1.83 bits per heavy atom. The number of hydrogen-bond donors (Lipinski definition) is 1. The van der Waals surface area contributed by atoms with Crippen LogP contribution in [0.25, 0.3) is 0 Å². The lowest BCUT2D eigenvalue weighted by Crippen LogP contribution is -2.35. The van der Waals surface area contributed by atoms with E-state index in [0.29, 0.717) is 30.9 Å². The molecule has 0 saturated carbocycles. The Morgan fingerprint density at radius 1 is 1.07 bits per heavy atom. The summed E-state index contributed by atoms with van der Waals surface area (Å²) in [7, 11) is 1.65. The van der Waals surface area contributed by atoms with Crippen LogP contribution in [0.5, 0.6) is 11.5 Å². The van der Waals surface area contributed by atoms with Crippen molar-refractivity contribution >= 4 is 5.78 Å². The van der Waals surface area contributed by atoms with Crippen LogP contribution in [0.15, 0.2) is 71.3 Å². The Bertz CT molecular complexity index is 921. The minimum Gasteiger partial charge on any atom is -0.496 e. The molecule has 0 radical (unpaired) electrons. The summed E-state index contributed by atoms with van der Waals surface area (Å²) in [5.41, 5.74) is 1.66. The van der Waals surface area contributed by atoms with Gasteiger partial charge in [0.25, 0.3) is 0 Å². The molecule has 6 nitrogen and oxygen atoms in total. The number of aliphatic hydroxyl groups is 1. The molecular weight excluding hydrogens is 382 g/mol. The topological polar surface area (TPSA) is 72.1 Å². The molecule has 3 aromatic rings. The van der Waals surface area contributed by atoms with E-state index in [0.717, 1.165) is 17.1 Å². The number of carbonyl (C=O) groups excluding carboxylic acids is 1. The van der Waals surface area contributed by atoms with Gasteiger partial charge >= 0.3 is 0 Å². The van der Waals surface area contributed by atoms with Gasteiger partial charge in [-0.05, 0) is 49.4 Å². The second-order valence-corrected chi connectivity index (χ2v) is 7.11. The lowest BCUT2D eigenvalue weighted by atomic mass is 10.1. The van der Waals surface area contributed by atoms with Crippen LogP contribution in [0.3, 0.4) is 0 Å². The molecule has 0 spiro atoms. The molecule has 1 heterocycles. The van der Waals surface area contributed by atoms with Gasteiger partial charge in [-0.3, -0.25) is 9.69 Å². The number of methoxy groups -OCH3 is 1. The fourth-order valence-electron chi connectivity index (χ4n) is 3.21. The Kier molecular flexibility index (Phi) is 7.65. The fraction of sp³-hybridized carbons (Fsp3) is 0.292. The molecule has 0 bridgehead atoms. The second-order valence-electron chi connectivity index (χ2n) is 7.11. The molecule has 1 unspecified atom stereocenters. The summed E-state index contributed by atoms with van der Waals surface area (Å²) in [6, 6.07) is 18.5. The number of nitrogens with zero attached hydrogens (tertiary/aromatic N) is 1. The van der Waals surface area contributed by atoms with Gasteiger partial charge in [0.15, 0.2) is 5.78 Å². The van der Waals surface area contributed by atoms with Crippen LogP contribution in [-0.2, 0) is 13.1 Å². The average molecular weight is 409 g/mol. The van der Waals surface area contributed by atoms with Crippen LogP contribution >= 0.6 is 0 Å². The first-order valence-corrected chi connectivity index (χ1v) is 9.83. The predicted octanol–water partition coefficient (Wildman–Crippen LogP) is 3.93. The van der Waals surface area contributed by atoms with E-state index >= 15 is 0 Å². The molecule has 3 rings (SSSR count). The van der Waals surface area contributed by atoms with Crippen LogP contribution in [-0.4, -0.2) is 42.2 Å². The zero-order valence-corrected chi connectivity index (χ0v) is 17.3. The molecular formula is C24H27NO5. The highest BCUT2D eigenvalue weighted by Gasteiger charge is 2.17. The van der Waals surface area contributed by atoms with Crippen molar-refractivity contribution in [3.63, 3.8) is 0 Å². The zero-order chi connectivity index (χ0) is 21.3. The molecule has 158 valence electrons. The van der Waals surface area contributed by atoms with Gasteiger partial charge in [0.05, 0.1) is 19.9 Å². The summed E-state index contributed by atoms with van der Waals surface area (Å²) in [6.45, 7) is 3.20. The van der Waals surface area contributed by atoms with Gasteiger partial charge in [-0.1, -0.05) is 18.2 Å². The van der Waals surface area contributed by atoms with E-state index in [2.05, 4.69) is 4.90 Å². The third kappa shape index (κ3) is 6.20. The third-order valence-electron chi connectivity index (χ3n) is 4.72. The maximum Gasteiger partial charge on any atom is 0.159 e. The predicted molar refractivity (Wildman–Crippen MR) is 114 cm³/mol. The first-order valence-electron chi connectivity index (χ1n) is 9.83. The largest absolute Gasteiger partial charge is 0.496 e. The molecule has 0 saturated heterocycles. The van der Waals surface area contributed by atoms with E-state index < -0.39 is 6.10 Å². The quantitative estimate of drug-likeness (QED) is 0.484. The number of rotatable bonds is 11. The van der Waals surface area contributed by atoms with Crippen molar-refractivity contribution in [2.24, 2.45) is 0 Å². The monoisotopic (exact) mass is 409 g/mol. The smallest absolute Gasteiger partial charge is 0.159 e. The number of para-hydroxylation sites is 1. The summed E-state index contributed by atoms with van der Waals surface area (Å²) in [5.74, 6) is 2.24. The number of benzene rings is 2. The van der Waals surface area contributed by atoms with Crippen molar-refractivity contribution in [2.45, 2.75) is 26.1 Å². The van der Waals surface area contributed by atoms with Crippen LogP contribution in [0.1, 0.15) is 28.6 Å². The maximum absolute atomic E-state index is 11.4. The Morgan fingerprint density at radius 3 is 2.50 bits per heavy atom. The van der Waals surface area contributed by atoms with Gasteiger partial charge in [-0.2, -0.15) is 0 Å². The zero-order valence-electron chi connectivity index (χ0n) is 17.3. The molecule has 30 heavy (non-hydrogen) atoms. The number of aliphatic hydroxyl groups excluding tert-OH is 1. The van der Waals surface area contributed by atoms with Gasteiger partial charge in [0.1, 0.15) is 30.0 Å². The van der Waals surface area contributed by atoms with E-state index in [9.17, 15) is 9.90 Å². The minimum atomic E-state index is -0.706. The van der Waals surface area contributed by atoms with Gasteiger partial charge in [0, 0.05) is 24.2 Å². The van der Waals surface area contributed by atoms with E-state index in [1.54, 1.807) is 37.6 Å². The van der Waals surface area contributed by atoms with Crippen molar-refractivity contribution < 1.29 is 23.8 Å². The summed E-state index contributed by atoms with van der Waals surface area (Å²) in [4.78, 5) is 13.5. The summed E-state index contributed by atoms with van der Waals surface area (Å²) in [5, 5.41) is 10.6. The Labute approximate surface area is 176 Å². The highest BCUT2D eigenvalue weighted by Crippen LogP contribution is 2.21. The number of ketones is 1. The number of carbonyl (C=O) groups is 1. The SMILES string of the molecule is COc1ccccc1CN(Cc1ccco1)CC(O)COc1ccc(C(C)=O)cc1. The molecule has 1 aromatic heterocycles. The first kappa shape index (κ1) is 21.6. The number of ether oxygens (including phenoxy) is 2. The van der Waals surface area contributed by atoms with Crippen molar-refractivity contribution in [2.75, 3.05) is 20.3 Å².